The van der Waals surface area contributed by atoms with Gasteiger partial charge in [0.05, 0.1) is 16.5 Å². The van der Waals surface area contributed by atoms with Crippen LogP contribution >= 0.6 is 22.9 Å². The van der Waals surface area contributed by atoms with E-state index in [-0.39, 0.29) is 11.2 Å². The third-order valence-electron chi connectivity index (χ3n) is 4.37. The number of nitro groups is 1. The third kappa shape index (κ3) is 2.91. The molecule has 0 N–H and O–H groups in total. The molecule has 2 heterocycles. The molecule has 0 aliphatic heterocycles. The number of nitrogens with zero attached hydrogens (tertiary/aromatic N) is 4. The highest BCUT2D eigenvalue weighted by Gasteiger charge is 2.19. The summed E-state index contributed by atoms with van der Waals surface area (Å²) in [5.41, 5.74) is 1.13. The number of non-ortho nitro benzene ring substituents is 1. The Labute approximate surface area is 156 Å². The summed E-state index contributed by atoms with van der Waals surface area (Å²) >= 11 is 7.64. The number of aromatic nitrogens is 2. The van der Waals surface area contributed by atoms with Crippen LogP contribution in [0.4, 0.5) is 5.69 Å². The molecule has 3 aromatic rings. The highest BCUT2D eigenvalue weighted by atomic mass is 35.5. The van der Waals surface area contributed by atoms with Gasteiger partial charge in [0.25, 0.3) is 11.2 Å². The molecule has 7 nitrogen and oxygen atoms in total. The lowest BCUT2D eigenvalue weighted by molar-refractivity contribution is -0.384. The molecule has 0 fully saturated rings. The quantitative estimate of drug-likeness (QED) is 0.388. The van der Waals surface area contributed by atoms with Crippen LogP contribution < -0.4 is 5.56 Å². The van der Waals surface area contributed by atoms with Crippen molar-refractivity contribution in [2.24, 2.45) is 5.10 Å². The van der Waals surface area contributed by atoms with E-state index in [1.165, 1.54) is 35.6 Å². The summed E-state index contributed by atoms with van der Waals surface area (Å²) in [5.74, 6) is 0. The van der Waals surface area contributed by atoms with Gasteiger partial charge in [0.2, 0.25) is 0 Å². The molecule has 0 saturated heterocycles. The van der Waals surface area contributed by atoms with E-state index in [4.69, 9.17) is 11.6 Å². The Kier molecular flexibility index (Phi) is 4.29. The van der Waals surface area contributed by atoms with Gasteiger partial charge in [0, 0.05) is 27.6 Å². The molecule has 2 aromatic heterocycles. The molecule has 0 unspecified atom stereocenters. The lowest BCUT2D eigenvalue weighted by Crippen LogP contribution is -2.18. The molecular formula is C17H13ClN4O3S. The zero-order chi connectivity index (χ0) is 18.3. The van der Waals surface area contributed by atoms with Crippen LogP contribution in [0.25, 0.3) is 10.2 Å². The molecule has 0 bridgehead atoms. The van der Waals surface area contributed by atoms with E-state index in [1.54, 1.807) is 11.3 Å². The SMILES string of the molecule is O=c1c2c3c(sc2ncn1/N=C\c1cc([N+](=O)[O-])ccc1Cl)CCCC3. The van der Waals surface area contributed by atoms with Gasteiger partial charge in [-0.1, -0.05) is 11.6 Å². The van der Waals surface area contributed by atoms with E-state index in [0.29, 0.717) is 16.0 Å². The van der Waals surface area contributed by atoms with Crippen LogP contribution in [-0.4, -0.2) is 20.8 Å². The van der Waals surface area contributed by atoms with E-state index in [0.717, 1.165) is 40.8 Å². The molecule has 0 saturated carbocycles. The number of nitro benzene ring substituents is 1. The number of aryl methyl sites for hydroxylation is 2. The van der Waals surface area contributed by atoms with E-state index in [2.05, 4.69) is 10.1 Å². The number of rotatable bonds is 3. The van der Waals surface area contributed by atoms with E-state index in [1.807, 2.05) is 0 Å². The Balaban J connectivity index is 1.77. The fourth-order valence-corrected chi connectivity index (χ4v) is 4.47. The van der Waals surface area contributed by atoms with Crippen LogP contribution in [0.5, 0.6) is 0 Å². The molecule has 0 amide bonds. The van der Waals surface area contributed by atoms with Crippen molar-refractivity contribution in [1.82, 2.24) is 9.66 Å². The lowest BCUT2D eigenvalue weighted by atomic mass is 9.97. The minimum absolute atomic E-state index is 0.0938. The maximum atomic E-state index is 12.8. The molecule has 1 aromatic carbocycles. The smallest absolute Gasteiger partial charge is 0.267 e. The minimum atomic E-state index is -0.509. The summed E-state index contributed by atoms with van der Waals surface area (Å²) in [6.45, 7) is 0. The fraction of sp³-hybridized carbons (Fsp3) is 0.235. The van der Waals surface area contributed by atoms with Crippen molar-refractivity contribution < 1.29 is 4.92 Å². The Morgan fingerprint density at radius 3 is 2.96 bits per heavy atom. The first kappa shape index (κ1) is 16.9. The van der Waals surface area contributed by atoms with Gasteiger partial charge in [-0.05, 0) is 37.3 Å². The van der Waals surface area contributed by atoms with Crippen LogP contribution in [0.3, 0.4) is 0 Å². The van der Waals surface area contributed by atoms with Crippen molar-refractivity contribution in [3.05, 3.63) is 66.0 Å². The van der Waals surface area contributed by atoms with Gasteiger partial charge in [0.1, 0.15) is 11.2 Å². The monoisotopic (exact) mass is 388 g/mol. The van der Waals surface area contributed by atoms with E-state index < -0.39 is 4.92 Å². The van der Waals surface area contributed by atoms with Crippen molar-refractivity contribution in [3.63, 3.8) is 0 Å². The summed E-state index contributed by atoms with van der Waals surface area (Å²) in [5, 5.41) is 16.0. The van der Waals surface area contributed by atoms with E-state index >= 15 is 0 Å². The third-order valence-corrected chi connectivity index (χ3v) is 5.91. The predicted octanol–water partition coefficient (Wildman–Crippen LogP) is 3.78. The zero-order valence-electron chi connectivity index (χ0n) is 13.5. The summed E-state index contributed by atoms with van der Waals surface area (Å²) in [6, 6.07) is 4.06. The Morgan fingerprint density at radius 1 is 1.35 bits per heavy atom. The van der Waals surface area contributed by atoms with Crippen LogP contribution in [0.15, 0.2) is 34.4 Å². The number of fused-ring (bicyclic) bond motifs is 3. The second-order valence-corrected chi connectivity index (χ2v) is 7.48. The van der Waals surface area contributed by atoms with Crippen LogP contribution in [-0.2, 0) is 12.8 Å². The molecule has 1 aliphatic carbocycles. The van der Waals surface area contributed by atoms with Crippen molar-refractivity contribution >= 4 is 45.1 Å². The Hall–Kier alpha value is -2.58. The standard InChI is InChI=1S/C17H13ClN4O3S/c18-13-6-5-11(22(24)25)7-10(13)8-20-21-9-19-16-15(17(21)23)12-3-1-2-4-14(12)26-16/h5-9H,1-4H2/b20-8-. The first-order valence-corrected chi connectivity index (χ1v) is 9.24. The molecule has 1 aliphatic rings. The van der Waals surface area contributed by atoms with Crippen LogP contribution in [0, 0.1) is 10.1 Å². The summed E-state index contributed by atoms with van der Waals surface area (Å²) in [6.07, 6.45) is 6.79. The zero-order valence-corrected chi connectivity index (χ0v) is 15.1. The molecular weight excluding hydrogens is 376 g/mol. The average molecular weight is 389 g/mol. The largest absolute Gasteiger partial charge is 0.282 e. The summed E-state index contributed by atoms with van der Waals surface area (Å²) in [7, 11) is 0. The second-order valence-electron chi connectivity index (χ2n) is 5.99. The minimum Gasteiger partial charge on any atom is -0.267 e. The van der Waals surface area contributed by atoms with Gasteiger partial charge in [-0.25, -0.2) is 4.98 Å². The maximum Gasteiger partial charge on any atom is 0.282 e. The van der Waals surface area contributed by atoms with Gasteiger partial charge in [-0.3, -0.25) is 14.9 Å². The molecule has 26 heavy (non-hydrogen) atoms. The Morgan fingerprint density at radius 2 is 2.15 bits per heavy atom. The van der Waals surface area contributed by atoms with Crippen LogP contribution in [0.1, 0.15) is 28.8 Å². The molecule has 0 spiro atoms. The molecule has 4 rings (SSSR count). The lowest BCUT2D eigenvalue weighted by Gasteiger charge is -2.09. The van der Waals surface area contributed by atoms with Crippen molar-refractivity contribution in [1.29, 1.82) is 0 Å². The number of benzene rings is 1. The first-order valence-electron chi connectivity index (χ1n) is 8.05. The van der Waals surface area contributed by atoms with Gasteiger partial charge in [0.15, 0.2) is 0 Å². The summed E-state index contributed by atoms with van der Waals surface area (Å²) < 4.78 is 1.15. The number of hydrogen-bond acceptors (Lipinski definition) is 6. The van der Waals surface area contributed by atoms with Crippen LogP contribution in [0.2, 0.25) is 5.02 Å². The molecule has 0 atom stereocenters. The molecule has 0 radical (unpaired) electrons. The topological polar surface area (TPSA) is 90.4 Å². The van der Waals surface area contributed by atoms with Crippen molar-refractivity contribution in [2.45, 2.75) is 25.7 Å². The molecule has 132 valence electrons. The second kappa shape index (κ2) is 6.62. The maximum absolute atomic E-state index is 12.8. The van der Waals surface area contributed by atoms with Gasteiger partial charge < -0.3 is 0 Å². The van der Waals surface area contributed by atoms with E-state index in [9.17, 15) is 14.9 Å². The highest BCUT2D eigenvalue weighted by molar-refractivity contribution is 7.18. The highest BCUT2D eigenvalue weighted by Crippen LogP contribution is 2.33. The van der Waals surface area contributed by atoms with Gasteiger partial charge >= 0.3 is 0 Å². The predicted molar refractivity (Wildman–Crippen MR) is 102 cm³/mol. The van der Waals surface area contributed by atoms with Crippen molar-refractivity contribution in [3.8, 4) is 0 Å². The number of thiophene rings is 1. The molecule has 9 heteroatoms. The first-order chi connectivity index (χ1) is 12.5. The number of halogens is 1. The number of hydrogen-bond donors (Lipinski definition) is 0. The van der Waals surface area contributed by atoms with Gasteiger partial charge in [-0.2, -0.15) is 9.78 Å². The van der Waals surface area contributed by atoms with Crippen molar-refractivity contribution in [2.75, 3.05) is 0 Å². The fourth-order valence-electron chi connectivity index (χ4n) is 3.09. The summed E-state index contributed by atoms with van der Waals surface area (Å²) in [4.78, 5) is 29.5. The Bertz CT molecular complexity index is 1120. The van der Waals surface area contributed by atoms with Gasteiger partial charge in [-0.15, -0.1) is 11.3 Å². The normalized spacial score (nSPS) is 14.0. The average Bonchev–Trinajstić information content (AvgIpc) is 3.01.